The van der Waals surface area contributed by atoms with Crippen LogP contribution in [0, 0.1) is 11.8 Å². The van der Waals surface area contributed by atoms with Crippen molar-refractivity contribution in [3.63, 3.8) is 0 Å². The van der Waals surface area contributed by atoms with E-state index in [0.29, 0.717) is 5.92 Å². The average Bonchev–Trinajstić information content (AvgIpc) is 1.88. The minimum atomic E-state index is 0.690. The molecule has 0 amide bonds. The van der Waals surface area contributed by atoms with E-state index in [1.807, 2.05) is 0 Å². The molecule has 64 valence electrons. The van der Waals surface area contributed by atoms with Crippen LogP contribution in [0.5, 0.6) is 0 Å². The molecule has 0 spiro atoms. The predicted octanol–water partition coefficient (Wildman–Crippen LogP) is 2.96. The molecule has 0 N–H and O–H groups in total. The third-order valence-electron chi connectivity index (χ3n) is 1.74. The van der Waals surface area contributed by atoms with Crippen LogP contribution in [-0.2, 0) is 19.4 Å². The number of hydrogen-bond acceptors (Lipinski definition) is 0. The Kier molecular flexibility index (Phi) is 5.17. The Morgan fingerprint density at radius 1 is 1.09 bits per heavy atom. The van der Waals surface area contributed by atoms with Gasteiger partial charge in [-0.15, -0.1) is 0 Å². The fraction of sp³-hybridized carbons (Fsp3) is 0.700. The quantitative estimate of drug-likeness (QED) is 0.749. The van der Waals surface area contributed by atoms with Crippen LogP contribution in [0.3, 0.4) is 0 Å². The second kappa shape index (κ2) is 5.03. The Morgan fingerprint density at radius 3 is 1.64 bits per heavy atom. The summed E-state index contributed by atoms with van der Waals surface area (Å²) in [4.78, 5) is 0. The number of hydrogen-bond donors (Lipinski definition) is 0. The molecule has 0 fully saturated rings. The molecule has 0 aliphatic carbocycles. The summed E-state index contributed by atoms with van der Waals surface area (Å²) in [7, 11) is 0. The van der Waals surface area contributed by atoms with E-state index < -0.39 is 0 Å². The van der Waals surface area contributed by atoms with Crippen molar-refractivity contribution >= 4 is 3.90 Å². The van der Waals surface area contributed by atoms with Gasteiger partial charge in [-0.3, -0.25) is 0 Å². The van der Waals surface area contributed by atoms with Crippen molar-refractivity contribution in [3.05, 3.63) is 11.6 Å². The van der Waals surface area contributed by atoms with Gasteiger partial charge in [-0.2, -0.15) is 0 Å². The van der Waals surface area contributed by atoms with Gasteiger partial charge >= 0.3 is 81.4 Å². The van der Waals surface area contributed by atoms with E-state index >= 15 is 0 Å². The first kappa shape index (κ1) is 11.3. The molecule has 11 heavy (non-hydrogen) atoms. The first-order valence-corrected chi connectivity index (χ1v) is 5.67. The molecule has 0 unspecified atom stereocenters. The first-order chi connectivity index (χ1) is 5.00. The van der Waals surface area contributed by atoms with Crippen LogP contribution in [-0.4, -0.2) is 3.90 Å². The summed E-state index contributed by atoms with van der Waals surface area (Å²) in [5.41, 5.74) is 1.55. The predicted molar refractivity (Wildman–Crippen MR) is 48.4 cm³/mol. The van der Waals surface area contributed by atoms with Gasteiger partial charge in [0, 0.05) is 0 Å². The summed E-state index contributed by atoms with van der Waals surface area (Å²) in [6.07, 6.45) is 2.26. The second-order valence-corrected chi connectivity index (χ2v) is 5.00. The van der Waals surface area contributed by atoms with Gasteiger partial charge in [0.05, 0.1) is 0 Å². The first-order valence-electron chi connectivity index (χ1n) is 4.21. The summed E-state index contributed by atoms with van der Waals surface area (Å²) in [6.45, 7) is 11.2. The fourth-order valence-corrected chi connectivity index (χ4v) is 2.36. The maximum atomic E-state index is 2.27. The molecule has 0 bridgehead atoms. The SMILES string of the molecule is CC=C([C](=[W])C(C)C)C(C)C. The molecule has 0 atom stereocenters. The molecule has 1 heteroatoms. The molecular formula is C10H18W. The Morgan fingerprint density at radius 2 is 1.55 bits per heavy atom. The normalized spacial score (nSPS) is 12.8. The van der Waals surface area contributed by atoms with Crippen LogP contribution in [0.25, 0.3) is 0 Å². The molecule has 0 radical (unpaired) electrons. The van der Waals surface area contributed by atoms with Crippen molar-refractivity contribution in [2.75, 3.05) is 0 Å². The van der Waals surface area contributed by atoms with Crippen LogP contribution in [0.2, 0.25) is 0 Å². The van der Waals surface area contributed by atoms with Gasteiger partial charge in [-0.25, -0.2) is 0 Å². The molecule has 0 aromatic heterocycles. The fourth-order valence-electron chi connectivity index (χ4n) is 1.09. The zero-order valence-corrected chi connectivity index (χ0v) is 11.1. The zero-order valence-electron chi connectivity index (χ0n) is 8.14. The van der Waals surface area contributed by atoms with E-state index in [1.54, 1.807) is 28.8 Å². The Balaban J connectivity index is 4.42. The second-order valence-electron chi connectivity index (χ2n) is 3.42. The Labute approximate surface area is 81.5 Å². The molecule has 0 aliphatic heterocycles. The van der Waals surface area contributed by atoms with E-state index in [-0.39, 0.29) is 0 Å². The van der Waals surface area contributed by atoms with E-state index in [2.05, 4.69) is 40.7 Å². The minimum absolute atomic E-state index is 0.690. The van der Waals surface area contributed by atoms with Gasteiger partial charge in [0.25, 0.3) is 0 Å². The molecule has 0 saturated carbocycles. The summed E-state index contributed by atoms with van der Waals surface area (Å²) in [5, 5.41) is 0. The van der Waals surface area contributed by atoms with Gasteiger partial charge in [0.2, 0.25) is 0 Å². The Hall–Kier alpha value is 0.298. The van der Waals surface area contributed by atoms with Crippen LogP contribution in [0.4, 0.5) is 0 Å². The zero-order chi connectivity index (χ0) is 9.02. The molecular weight excluding hydrogens is 304 g/mol. The van der Waals surface area contributed by atoms with Crippen molar-refractivity contribution in [2.45, 2.75) is 34.6 Å². The topological polar surface area (TPSA) is 0 Å². The maximum absolute atomic E-state index is 2.27. The van der Waals surface area contributed by atoms with Crippen LogP contribution < -0.4 is 0 Å². The molecule has 0 heterocycles. The van der Waals surface area contributed by atoms with Gasteiger partial charge in [0.15, 0.2) is 0 Å². The third kappa shape index (κ3) is 3.47. The number of rotatable bonds is 3. The molecule has 0 saturated heterocycles. The average molecular weight is 322 g/mol. The molecule has 0 aliphatic rings. The van der Waals surface area contributed by atoms with Crippen LogP contribution >= 0.6 is 0 Å². The van der Waals surface area contributed by atoms with E-state index in [9.17, 15) is 0 Å². The summed E-state index contributed by atoms with van der Waals surface area (Å²) >= 11 is 1.62. The monoisotopic (exact) mass is 322 g/mol. The number of allylic oxidation sites excluding steroid dienone is 2. The van der Waals surface area contributed by atoms with Gasteiger partial charge < -0.3 is 0 Å². The van der Waals surface area contributed by atoms with Crippen molar-refractivity contribution < 1.29 is 19.4 Å². The standard InChI is InChI=1S/C10H18.W/c1-6-10(9(4)5)7-8(2)3;/h6,8-9H,1-5H3;. The van der Waals surface area contributed by atoms with Crippen LogP contribution in [0.15, 0.2) is 11.6 Å². The van der Waals surface area contributed by atoms with E-state index in [4.69, 9.17) is 0 Å². The van der Waals surface area contributed by atoms with Crippen molar-refractivity contribution in [1.29, 1.82) is 0 Å². The molecule has 0 nitrogen and oxygen atoms in total. The molecule has 0 aromatic rings. The van der Waals surface area contributed by atoms with Gasteiger partial charge in [-0.1, -0.05) is 0 Å². The summed E-state index contributed by atoms with van der Waals surface area (Å²) < 4.78 is 1.61. The van der Waals surface area contributed by atoms with Crippen LogP contribution in [0.1, 0.15) is 34.6 Å². The summed E-state index contributed by atoms with van der Waals surface area (Å²) in [6, 6.07) is 0. The Bertz CT molecular complexity index is 164. The van der Waals surface area contributed by atoms with E-state index in [1.165, 1.54) is 0 Å². The van der Waals surface area contributed by atoms with Gasteiger partial charge in [-0.05, 0) is 0 Å². The van der Waals surface area contributed by atoms with Crippen molar-refractivity contribution in [2.24, 2.45) is 11.8 Å². The molecule has 0 rings (SSSR count). The van der Waals surface area contributed by atoms with E-state index in [0.717, 1.165) is 5.92 Å². The van der Waals surface area contributed by atoms with Crippen molar-refractivity contribution in [1.82, 2.24) is 0 Å². The third-order valence-corrected chi connectivity index (χ3v) is 4.28. The summed E-state index contributed by atoms with van der Waals surface area (Å²) in [5.74, 6) is 1.41. The molecule has 0 aromatic carbocycles. The van der Waals surface area contributed by atoms with Gasteiger partial charge in [0.1, 0.15) is 0 Å². The van der Waals surface area contributed by atoms with Crippen molar-refractivity contribution in [3.8, 4) is 0 Å².